The first-order chi connectivity index (χ1) is 13.4. The second-order valence-corrected chi connectivity index (χ2v) is 8.44. The molecular weight excluding hydrogens is 380 g/mol. The van der Waals surface area contributed by atoms with Crippen LogP contribution in [-0.4, -0.2) is 51.4 Å². The van der Waals surface area contributed by atoms with Crippen LogP contribution in [0, 0.1) is 5.92 Å². The molecule has 2 aromatic rings. The highest BCUT2D eigenvalue weighted by Crippen LogP contribution is 2.23. The van der Waals surface area contributed by atoms with Gasteiger partial charge in [0.15, 0.2) is 0 Å². The molecule has 1 N–H and O–H groups in total. The SMILES string of the molecule is CCOC(=O)C1CCN(C(=O)CNS(=O)(=O)c2cccc3ccccc23)CC1. The maximum atomic E-state index is 12.7. The summed E-state index contributed by atoms with van der Waals surface area (Å²) >= 11 is 0. The molecule has 7 nitrogen and oxygen atoms in total. The Kier molecular flexibility index (Phi) is 6.31. The Hall–Kier alpha value is -2.45. The molecule has 0 aliphatic carbocycles. The van der Waals surface area contributed by atoms with Crippen LogP contribution < -0.4 is 4.72 Å². The van der Waals surface area contributed by atoms with E-state index in [1.54, 1.807) is 30.0 Å². The smallest absolute Gasteiger partial charge is 0.309 e. The van der Waals surface area contributed by atoms with Crippen LogP contribution in [0.1, 0.15) is 19.8 Å². The second-order valence-electron chi connectivity index (χ2n) is 6.71. The van der Waals surface area contributed by atoms with Gasteiger partial charge in [-0.25, -0.2) is 13.1 Å². The summed E-state index contributed by atoms with van der Waals surface area (Å²) in [7, 11) is -3.82. The summed E-state index contributed by atoms with van der Waals surface area (Å²) in [5.74, 6) is -0.728. The third-order valence-electron chi connectivity index (χ3n) is 4.92. The number of fused-ring (bicyclic) bond motifs is 1. The van der Waals surface area contributed by atoms with Gasteiger partial charge in [-0.2, -0.15) is 0 Å². The van der Waals surface area contributed by atoms with Gasteiger partial charge < -0.3 is 9.64 Å². The van der Waals surface area contributed by atoms with E-state index in [2.05, 4.69) is 4.72 Å². The van der Waals surface area contributed by atoms with Crippen molar-refractivity contribution in [2.75, 3.05) is 26.2 Å². The summed E-state index contributed by atoms with van der Waals surface area (Å²) < 4.78 is 32.8. The van der Waals surface area contributed by atoms with Crippen molar-refractivity contribution in [2.45, 2.75) is 24.7 Å². The molecular formula is C20H24N2O5S. The number of carbonyl (C=O) groups excluding carboxylic acids is 2. The van der Waals surface area contributed by atoms with Gasteiger partial charge in [0.25, 0.3) is 0 Å². The quantitative estimate of drug-likeness (QED) is 0.743. The van der Waals surface area contributed by atoms with Crippen LogP contribution in [0.4, 0.5) is 0 Å². The van der Waals surface area contributed by atoms with E-state index < -0.39 is 10.0 Å². The third kappa shape index (κ3) is 4.51. The number of hydrogen-bond acceptors (Lipinski definition) is 5. The zero-order chi connectivity index (χ0) is 20.1. The second kappa shape index (κ2) is 8.70. The van der Waals surface area contributed by atoms with Crippen molar-refractivity contribution in [1.82, 2.24) is 9.62 Å². The number of ether oxygens (including phenoxy) is 1. The number of likely N-dealkylation sites (tertiary alicyclic amines) is 1. The molecule has 0 saturated carbocycles. The molecule has 1 aliphatic rings. The molecule has 2 aromatic carbocycles. The Balaban J connectivity index is 1.61. The molecule has 0 bridgehead atoms. The van der Waals surface area contributed by atoms with E-state index in [-0.39, 0.29) is 29.2 Å². The zero-order valence-corrected chi connectivity index (χ0v) is 16.6. The Morgan fingerprint density at radius 3 is 2.50 bits per heavy atom. The molecule has 0 atom stereocenters. The van der Waals surface area contributed by atoms with Crippen molar-refractivity contribution >= 4 is 32.7 Å². The summed E-state index contributed by atoms with van der Waals surface area (Å²) in [6.45, 7) is 2.62. The number of carbonyl (C=O) groups is 2. The highest BCUT2D eigenvalue weighted by atomic mass is 32.2. The largest absolute Gasteiger partial charge is 0.466 e. The minimum Gasteiger partial charge on any atom is -0.466 e. The lowest BCUT2D eigenvalue weighted by Gasteiger charge is -2.31. The fraction of sp³-hybridized carbons (Fsp3) is 0.400. The summed E-state index contributed by atoms with van der Waals surface area (Å²) in [6.07, 6.45) is 1.06. The first-order valence-electron chi connectivity index (χ1n) is 9.34. The van der Waals surface area contributed by atoms with Crippen LogP contribution in [0.2, 0.25) is 0 Å². The standard InChI is InChI=1S/C20H24N2O5S/c1-2-27-20(24)16-10-12-22(13-11-16)19(23)14-21-28(25,26)18-9-5-7-15-6-3-4-8-17(15)18/h3-9,16,21H,2,10-14H2,1H3. The van der Waals surface area contributed by atoms with Crippen LogP contribution in [0.25, 0.3) is 10.8 Å². The number of esters is 1. The Morgan fingerprint density at radius 2 is 1.79 bits per heavy atom. The van der Waals surface area contributed by atoms with Gasteiger partial charge in [-0.15, -0.1) is 0 Å². The van der Waals surface area contributed by atoms with E-state index in [1.165, 1.54) is 6.07 Å². The summed E-state index contributed by atoms with van der Waals surface area (Å²) in [6, 6.07) is 12.3. The predicted octanol–water partition coefficient (Wildman–Crippen LogP) is 1.92. The van der Waals surface area contributed by atoms with Crippen molar-refractivity contribution in [3.8, 4) is 0 Å². The number of benzene rings is 2. The van der Waals surface area contributed by atoms with Crippen LogP contribution in [0.15, 0.2) is 47.4 Å². The molecule has 0 radical (unpaired) electrons. The molecule has 0 aromatic heterocycles. The monoisotopic (exact) mass is 404 g/mol. The highest BCUT2D eigenvalue weighted by Gasteiger charge is 2.28. The van der Waals surface area contributed by atoms with Crippen LogP contribution in [0.5, 0.6) is 0 Å². The fourth-order valence-corrected chi connectivity index (χ4v) is 4.60. The number of nitrogens with one attached hydrogen (secondary N) is 1. The molecule has 0 unspecified atom stereocenters. The Morgan fingerprint density at radius 1 is 1.11 bits per heavy atom. The average Bonchev–Trinajstić information content (AvgIpc) is 2.72. The molecule has 0 spiro atoms. The lowest BCUT2D eigenvalue weighted by atomic mass is 9.97. The van der Waals surface area contributed by atoms with Gasteiger partial charge >= 0.3 is 5.97 Å². The van der Waals surface area contributed by atoms with Gasteiger partial charge in [0.1, 0.15) is 0 Å². The van der Waals surface area contributed by atoms with E-state index in [1.807, 2.05) is 18.2 Å². The van der Waals surface area contributed by atoms with E-state index >= 15 is 0 Å². The van der Waals surface area contributed by atoms with Gasteiger partial charge in [-0.05, 0) is 31.2 Å². The van der Waals surface area contributed by atoms with Gasteiger partial charge in [0.2, 0.25) is 15.9 Å². The van der Waals surface area contributed by atoms with Crippen LogP contribution in [0.3, 0.4) is 0 Å². The minimum atomic E-state index is -3.82. The fourth-order valence-electron chi connectivity index (χ4n) is 3.40. The maximum Gasteiger partial charge on any atom is 0.309 e. The molecule has 28 heavy (non-hydrogen) atoms. The highest BCUT2D eigenvalue weighted by molar-refractivity contribution is 7.89. The first kappa shape index (κ1) is 20.3. The molecule has 8 heteroatoms. The lowest BCUT2D eigenvalue weighted by molar-refractivity contribution is -0.151. The summed E-state index contributed by atoms with van der Waals surface area (Å²) in [4.78, 5) is 25.9. The number of piperidine rings is 1. The summed E-state index contributed by atoms with van der Waals surface area (Å²) in [5, 5.41) is 1.43. The van der Waals surface area contributed by atoms with E-state index in [9.17, 15) is 18.0 Å². The maximum absolute atomic E-state index is 12.7. The lowest BCUT2D eigenvalue weighted by Crippen LogP contribution is -2.45. The Labute approximate surface area is 164 Å². The molecule has 1 heterocycles. The van der Waals surface area contributed by atoms with Crippen molar-refractivity contribution in [2.24, 2.45) is 5.92 Å². The van der Waals surface area contributed by atoms with Gasteiger partial charge in [0.05, 0.1) is 24.0 Å². The molecule has 1 aliphatic heterocycles. The molecule has 1 fully saturated rings. The Bertz CT molecular complexity index is 960. The molecule has 1 saturated heterocycles. The first-order valence-corrected chi connectivity index (χ1v) is 10.8. The number of amides is 1. The number of sulfonamides is 1. The van der Waals surface area contributed by atoms with Gasteiger partial charge in [-0.1, -0.05) is 36.4 Å². The molecule has 3 rings (SSSR count). The minimum absolute atomic E-state index is 0.152. The van der Waals surface area contributed by atoms with Gasteiger partial charge in [0, 0.05) is 18.5 Å². The van der Waals surface area contributed by atoms with Crippen LogP contribution >= 0.6 is 0 Å². The summed E-state index contributed by atoms with van der Waals surface area (Å²) in [5.41, 5.74) is 0. The van der Waals surface area contributed by atoms with Gasteiger partial charge in [-0.3, -0.25) is 9.59 Å². The predicted molar refractivity (Wildman–Crippen MR) is 105 cm³/mol. The van der Waals surface area contributed by atoms with Crippen molar-refractivity contribution in [3.05, 3.63) is 42.5 Å². The van der Waals surface area contributed by atoms with E-state index in [0.717, 1.165) is 5.39 Å². The van der Waals surface area contributed by atoms with Crippen molar-refractivity contribution in [1.29, 1.82) is 0 Å². The van der Waals surface area contributed by atoms with E-state index in [4.69, 9.17) is 4.74 Å². The zero-order valence-electron chi connectivity index (χ0n) is 15.8. The van der Waals surface area contributed by atoms with Crippen molar-refractivity contribution < 1.29 is 22.7 Å². The number of hydrogen-bond donors (Lipinski definition) is 1. The van der Waals surface area contributed by atoms with E-state index in [0.29, 0.717) is 37.9 Å². The third-order valence-corrected chi connectivity index (χ3v) is 6.38. The molecule has 1 amide bonds. The normalized spacial score (nSPS) is 15.5. The van der Waals surface area contributed by atoms with Crippen molar-refractivity contribution in [3.63, 3.8) is 0 Å². The topological polar surface area (TPSA) is 92.8 Å². The number of rotatable bonds is 6. The molecule has 150 valence electrons. The van der Waals surface area contributed by atoms with Crippen LogP contribution in [-0.2, 0) is 24.3 Å². The average molecular weight is 404 g/mol. The number of nitrogens with zero attached hydrogens (tertiary/aromatic N) is 1.